The molecule has 4 bridgehead atoms. The van der Waals surface area contributed by atoms with Gasteiger partial charge >= 0.3 is 0 Å². The van der Waals surface area contributed by atoms with Crippen molar-refractivity contribution in [3.05, 3.63) is 81.8 Å². The number of benzene rings is 2. The Balaban J connectivity index is 1.37. The molecular weight excluding hydrogens is 516 g/mol. The third-order valence-corrected chi connectivity index (χ3v) is 8.49. The number of hydrogen-bond donors (Lipinski definition) is 2. The zero-order valence-corrected chi connectivity index (χ0v) is 22.6. The average Bonchev–Trinajstić information content (AvgIpc) is 3.58. The summed E-state index contributed by atoms with van der Waals surface area (Å²) in [5.41, 5.74) is 1.95. The number of nitrogens with one attached hydrogen (secondary N) is 2. The first-order chi connectivity index (χ1) is 18.7. The summed E-state index contributed by atoms with van der Waals surface area (Å²) in [4.78, 5) is 26.7. The van der Waals surface area contributed by atoms with Gasteiger partial charge in [0.25, 0.3) is 0 Å². The lowest BCUT2D eigenvalue weighted by atomic mass is 9.89. The van der Waals surface area contributed by atoms with E-state index >= 15 is 0 Å². The molecule has 2 aromatic carbocycles. The van der Waals surface area contributed by atoms with Gasteiger partial charge in [-0.1, -0.05) is 96.2 Å². The molecule has 196 valence electrons. The van der Waals surface area contributed by atoms with E-state index in [1.54, 1.807) is 0 Å². The first-order valence-electron chi connectivity index (χ1n) is 13.0. The van der Waals surface area contributed by atoms with E-state index in [9.17, 15) is 9.59 Å². The minimum atomic E-state index is -0.307. The van der Waals surface area contributed by atoms with Gasteiger partial charge in [0.15, 0.2) is 0 Å². The lowest BCUT2D eigenvalue weighted by molar-refractivity contribution is -0.118. The van der Waals surface area contributed by atoms with E-state index in [0.717, 1.165) is 59.7 Å². The third-order valence-electron chi connectivity index (χ3n) is 6.70. The minimum Gasteiger partial charge on any atom is -0.300 e. The molecule has 10 heteroatoms. The van der Waals surface area contributed by atoms with Crippen LogP contribution in [0.15, 0.2) is 60.7 Å². The minimum absolute atomic E-state index is 0.0738. The van der Waals surface area contributed by atoms with Crippen molar-refractivity contribution in [3.63, 3.8) is 0 Å². The summed E-state index contributed by atoms with van der Waals surface area (Å²) in [7, 11) is 0. The molecule has 0 aliphatic carbocycles. The molecule has 4 aromatic rings. The van der Waals surface area contributed by atoms with Crippen LogP contribution in [0.4, 0.5) is 10.3 Å². The van der Waals surface area contributed by atoms with Crippen LogP contribution in [-0.4, -0.2) is 32.2 Å². The van der Waals surface area contributed by atoms with Crippen LogP contribution in [0.1, 0.15) is 71.5 Å². The number of hydrogen-bond acceptors (Lipinski definition) is 8. The normalized spacial score (nSPS) is 19.8. The van der Waals surface area contributed by atoms with Crippen LogP contribution in [0.2, 0.25) is 0 Å². The van der Waals surface area contributed by atoms with Crippen molar-refractivity contribution < 1.29 is 9.59 Å². The van der Waals surface area contributed by atoms with Gasteiger partial charge in [-0.3, -0.25) is 20.2 Å². The average molecular weight is 547 g/mol. The molecule has 0 spiro atoms. The molecule has 2 aromatic heterocycles. The van der Waals surface area contributed by atoms with Gasteiger partial charge in [0, 0.05) is 12.8 Å². The Morgan fingerprint density at radius 1 is 0.579 bits per heavy atom. The molecular formula is C28H30N6O2S2. The quantitative estimate of drug-likeness (QED) is 0.320. The molecule has 2 amide bonds. The van der Waals surface area contributed by atoms with Crippen molar-refractivity contribution in [3.8, 4) is 0 Å². The monoisotopic (exact) mass is 546 g/mol. The number of anilines is 2. The fourth-order valence-corrected chi connectivity index (χ4v) is 6.28. The SMILES string of the molecule is O=C1Nc2nnc(s2)CCCCc2nnc(s2)NC(=O)C(c2ccccc2)CCCCC1c1ccccc1. The number of nitrogens with zero attached hydrogens (tertiary/aromatic N) is 4. The molecule has 1 aliphatic rings. The smallest absolute Gasteiger partial charge is 0.233 e. The predicted octanol–water partition coefficient (Wildman–Crippen LogP) is 5.97. The zero-order chi connectivity index (χ0) is 26.2. The van der Waals surface area contributed by atoms with Crippen LogP contribution in [0.25, 0.3) is 0 Å². The predicted molar refractivity (Wildman–Crippen MR) is 151 cm³/mol. The van der Waals surface area contributed by atoms with Gasteiger partial charge in [0.2, 0.25) is 22.1 Å². The molecule has 2 atom stereocenters. The van der Waals surface area contributed by atoms with Gasteiger partial charge in [-0.05, 0) is 36.8 Å². The highest BCUT2D eigenvalue weighted by atomic mass is 32.1. The summed E-state index contributed by atoms with van der Waals surface area (Å²) >= 11 is 2.87. The van der Waals surface area contributed by atoms with Crippen molar-refractivity contribution in [2.45, 2.75) is 63.2 Å². The van der Waals surface area contributed by atoms with E-state index in [-0.39, 0.29) is 23.7 Å². The van der Waals surface area contributed by atoms with Gasteiger partial charge in [0.05, 0.1) is 11.8 Å². The molecule has 3 heterocycles. The number of carbonyl (C=O) groups excluding carboxylic acids is 2. The third kappa shape index (κ3) is 6.87. The maximum Gasteiger partial charge on any atom is 0.233 e. The fraction of sp³-hybridized carbons (Fsp3) is 0.357. The summed E-state index contributed by atoms with van der Waals surface area (Å²) in [5.74, 6) is -0.763. The largest absolute Gasteiger partial charge is 0.300 e. The van der Waals surface area contributed by atoms with Gasteiger partial charge in [-0.2, -0.15) is 0 Å². The van der Waals surface area contributed by atoms with Gasteiger partial charge in [-0.15, -0.1) is 20.4 Å². The maximum absolute atomic E-state index is 13.3. The van der Waals surface area contributed by atoms with E-state index in [1.807, 2.05) is 60.7 Å². The molecule has 0 fully saturated rings. The van der Waals surface area contributed by atoms with Crippen LogP contribution < -0.4 is 10.6 Å². The van der Waals surface area contributed by atoms with Crippen LogP contribution in [-0.2, 0) is 22.4 Å². The highest BCUT2D eigenvalue weighted by Crippen LogP contribution is 2.30. The Kier molecular flexibility index (Phi) is 8.82. The van der Waals surface area contributed by atoms with E-state index in [0.29, 0.717) is 23.1 Å². The van der Waals surface area contributed by atoms with E-state index in [4.69, 9.17) is 0 Å². The summed E-state index contributed by atoms with van der Waals surface area (Å²) < 4.78 is 0. The molecule has 8 nitrogen and oxygen atoms in total. The van der Waals surface area contributed by atoms with E-state index < -0.39 is 0 Å². The fourth-order valence-electron chi connectivity index (χ4n) is 4.71. The molecule has 1 aliphatic heterocycles. The summed E-state index contributed by atoms with van der Waals surface area (Å²) in [5, 5.41) is 25.9. The Morgan fingerprint density at radius 2 is 1.00 bits per heavy atom. The second kappa shape index (κ2) is 12.8. The maximum atomic E-state index is 13.3. The number of carbonyl (C=O) groups is 2. The van der Waals surface area contributed by atoms with Crippen LogP contribution in [0, 0.1) is 0 Å². The van der Waals surface area contributed by atoms with Gasteiger partial charge < -0.3 is 0 Å². The first kappa shape index (κ1) is 26.1. The van der Waals surface area contributed by atoms with Crippen molar-refractivity contribution in [1.29, 1.82) is 0 Å². The van der Waals surface area contributed by atoms with Gasteiger partial charge in [0.1, 0.15) is 10.0 Å². The Hall–Kier alpha value is -3.50. The summed E-state index contributed by atoms with van der Waals surface area (Å²) in [6, 6.07) is 19.7. The molecule has 0 radical (unpaired) electrons. The van der Waals surface area contributed by atoms with Crippen molar-refractivity contribution in [2.24, 2.45) is 0 Å². The Morgan fingerprint density at radius 3 is 1.42 bits per heavy atom. The van der Waals surface area contributed by atoms with Gasteiger partial charge in [-0.25, -0.2) is 0 Å². The lowest BCUT2D eigenvalue weighted by Gasteiger charge is -2.19. The van der Waals surface area contributed by atoms with Crippen molar-refractivity contribution in [2.75, 3.05) is 10.6 Å². The zero-order valence-electron chi connectivity index (χ0n) is 21.0. The number of rotatable bonds is 2. The summed E-state index contributed by atoms with van der Waals surface area (Å²) in [6.07, 6.45) is 6.36. The van der Waals surface area contributed by atoms with E-state index in [2.05, 4.69) is 31.0 Å². The Bertz CT molecular complexity index is 1240. The standard InChI is InChI=1S/C28H30N6O2S2/c35-25-21(19-11-3-1-4-12-19)15-7-8-16-22(20-13-5-2-6-14-20)26(36)30-28-34-32-24(38-28)18-10-9-17-23-31-33-27(29-25)37-23/h1-6,11-14,21-22H,7-10,15-18H2,(H,29,33,35)(H,30,34,36). The molecule has 0 saturated heterocycles. The van der Waals surface area contributed by atoms with E-state index in [1.165, 1.54) is 22.7 Å². The number of aromatic nitrogens is 4. The lowest BCUT2D eigenvalue weighted by Crippen LogP contribution is -2.22. The van der Waals surface area contributed by atoms with Crippen LogP contribution in [0.3, 0.4) is 0 Å². The van der Waals surface area contributed by atoms with Crippen LogP contribution >= 0.6 is 22.7 Å². The molecule has 38 heavy (non-hydrogen) atoms. The second-order valence-electron chi connectivity index (χ2n) is 9.40. The number of aryl methyl sites for hydroxylation is 2. The molecule has 2 N–H and O–H groups in total. The Labute approximate surface area is 229 Å². The molecule has 5 rings (SSSR count). The number of amides is 2. The summed E-state index contributed by atoms with van der Waals surface area (Å²) in [6.45, 7) is 0. The van der Waals surface area contributed by atoms with Crippen LogP contribution in [0.5, 0.6) is 0 Å². The molecule has 0 saturated carbocycles. The molecule has 2 unspecified atom stereocenters. The number of fused-ring (bicyclic) bond motifs is 4. The van der Waals surface area contributed by atoms with Crippen molar-refractivity contribution >= 4 is 44.8 Å². The second-order valence-corrected chi connectivity index (χ2v) is 11.5. The first-order valence-corrected chi connectivity index (χ1v) is 14.7. The van der Waals surface area contributed by atoms with Crippen molar-refractivity contribution in [1.82, 2.24) is 20.4 Å². The highest BCUT2D eigenvalue weighted by Gasteiger charge is 2.24. The topological polar surface area (TPSA) is 110 Å². The highest BCUT2D eigenvalue weighted by molar-refractivity contribution is 7.15.